The van der Waals surface area contributed by atoms with Crippen LogP contribution in [0.5, 0.6) is 0 Å². The second kappa shape index (κ2) is 4.32. The van der Waals surface area contributed by atoms with Crippen molar-refractivity contribution in [3.8, 4) is 0 Å². The number of amides is 1. The smallest absolute Gasteiger partial charge is 0.281 e. The normalized spacial score (nSPS) is 9.40. The molecule has 0 aromatic heterocycles. The van der Waals surface area contributed by atoms with Crippen LogP contribution in [0.15, 0.2) is 18.2 Å². The van der Waals surface area contributed by atoms with Crippen LogP contribution in [0.25, 0.3) is 0 Å². The van der Waals surface area contributed by atoms with Gasteiger partial charge in [-0.15, -0.1) is 0 Å². The summed E-state index contributed by atoms with van der Waals surface area (Å²) in [6, 6.07) is 3.86. The van der Waals surface area contributed by atoms with Gasteiger partial charge in [-0.2, -0.15) is 0 Å². The summed E-state index contributed by atoms with van der Waals surface area (Å²) in [6.07, 6.45) is 0.398. The predicted molar refractivity (Wildman–Crippen MR) is 52.8 cm³/mol. The van der Waals surface area contributed by atoms with E-state index in [1.54, 1.807) is 0 Å². The van der Waals surface area contributed by atoms with Crippen LogP contribution in [-0.2, 0) is 4.79 Å². The Morgan fingerprint density at radius 3 is 2.67 bits per heavy atom. The van der Waals surface area contributed by atoms with E-state index in [1.807, 2.05) is 0 Å². The molecule has 15 heavy (non-hydrogen) atoms. The molecule has 0 bridgehead atoms. The van der Waals surface area contributed by atoms with Crippen LogP contribution in [0.4, 0.5) is 11.4 Å². The number of benzene rings is 1. The molecular formula is C9H8N2O4. The summed E-state index contributed by atoms with van der Waals surface area (Å²) in [5.74, 6) is -0.330. The molecule has 6 nitrogen and oxygen atoms in total. The second-order valence-electron chi connectivity index (χ2n) is 2.83. The fourth-order valence-electron chi connectivity index (χ4n) is 1.08. The van der Waals surface area contributed by atoms with Crippen molar-refractivity contribution in [2.45, 2.75) is 6.92 Å². The summed E-state index contributed by atoms with van der Waals surface area (Å²) in [4.78, 5) is 31.1. The summed E-state index contributed by atoms with van der Waals surface area (Å²) in [5.41, 5.74) is -0.0508. The van der Waals surface area contributed by atoms with Gasteiger partial charge in [0.15, 0.2) is 6.29 Å². The fraction of sp³-hybridized carbons (Fsp3) is 0.111. The molecule has 0 heterocycles. The zero-order valence-corrected chi connectivity index (χ0v) is 7.89. The lowest BCUT2D eigenvalue weighted by atomic mass is 10.2. The molecule has 78 valence electrons. The van der Waals surface area contributed by atoms with Gasteiger partial charge in [-0.1, -0.05) is 0 Å². The lowest BCUT2D eigenvalue weighted by Gasteiger charge is -2.02. The first-order valence-electron chi connectivity index (χ1n) is 4.06. The molecule has 6 heteroatoms. The van der Waals surface area contributed by atoms with Crippen molar-refractivity contribution in [1.82, 2.24) is 0 Å². The van der Waals surface area contributed by atoms with E-state index in [9.17, 15) is 19.7 Å². The minimum atomic E-state index is -0.672. The van der Waals surface area contributed by atoms with Gasteiger partial charge in [0.1, 0.15) is 0 Å². The van der Waals surface area contributed by atoms with Crippen molar-refractivity contribution in [1.29, 1.82) is 0 Å². The third-order valence-electron chi connectivity index (χ3n) is 1.67. The highest BCUT2D eigenvalue weighted by atomic mass is 16.6. The van der Waals surface area contributed by atoms with E-state index in [-0.39, 0.29) is 17.2 Å². The minimum absolute atomic E-state index is 0.0193. The number of rotatable bonds is 3. The fourth-order valence-corrected chi connectivity index (χ4v) is 1.08. The number of nitrogens with zero attached hydrogens (tertiary/aromatic N) is 1. The first-order valence-corrected chi connectivity index (χ1v) is 4.06. The topological polar surface area (TPSA) is 89.3 Å². The van der Waals surface area contributed by atoms with Gasteiger partial charge in [0.2, 0.25) is 5.91 Å². The van der Waals surface area contributed by atoms with E-state index in [0.29, 0.717) is 12.0 Å². The maximum Gasteiger partial charge on any atom is 0.281 e. The number of anilines is 1. The van der Waals surface area contributed by atoms with E-state index in [1.165, 1.54) is 19.1 Å². The van der Waals surface area contributed by atoms with Gasteiger partial charge >= 0.3 is 0 Å². The van der Waals surface area contributed by atoms with E-state index >= 15 is 0 Å². The molecular weight excluding hydrogens is 200 g/mol. The number of nitro benzene ring substituents is 1. The lowest BCUT2D eigenvalue weighted by molar-refractivity contribution is -0.385. The average molecular weight is 208 g/mol. The Morgan fingerprint density at radius 2 is 2.20 bits per heavy atom. The van der Waals surface area contributed by atoms with E-state index < -0.39 is 4.92 Å². The number of carbonyl (C=O) groups excluding carboxylic acids is 2. The van der Waals surface area contributed by atoms with Crippen LogP contribution in [0, 0.1) is 10.1 Å². The maximum atomic E-state index is 10.7. The molecule has 1 aromatic carbocycles. The summed E-state index contributed by atoms with van der Waals surface area (Å²) in [6.45, 7) is 1.29. The summed E-state index contributed by atoms with van der Waals surface area (Å²) in [7, 11) is 0. The molecule has 1 rings (SSSR count). The Bertz CT molecular complexity index is 428. The van der Waals surface area contributed by atoms with Crippen molar-refractivity contribution in [3.63, 3.8) is 0 Å². The van der Waals surface area contributed by atoms with Crippen molar-refractivity contribution < 1.29 is 14.5 Å². The maximum absolute atomic E-state index is 10.7. The largest absolute Gasteiger partial charge is 0.326 e. The van der Waals surface area contributed by atoms with Crippen molar-refractivity contribution >= 4 is 23.6 Å². The first-order chi connectivity index (χ1) is 7.04. The summed E-state index contributed by atoms with van der Waals surface area (Å²) >= 11 is 0. The minimum Gasteiger partial charge on any atom is -0.326 e. The first kappa shape index (κ1) is 10.8. The van der Waals surface area contributed by atoms with Crippen LogP contribution < -0.4 is 5.32 Å². The van der Waals surface area contributed by atoms with Crippen molar-refractivity contribution in [2.75, 3.05) is 5.32 Å². The standard InChI is InChI=1S/C9H8N2O4/c1-6(13)10-8-3-2-7(5-12)9(4-8)11(14)15/h2-5H,1H3,(H,10,13). The van der Waals surface area contributed by atoms with Crippen molar-refractivity contribution in [3.05, 3.63) is 33.9 Å². The van der Waals surface area contributed by atoms with Crippen LogP contribution in [0.3, 0.4) is 0 Å². The van der Waals surface area contributed by atoms with Gasteiger partial charge in [0.05, 0.1) is 10.5 Å². The van der Waals surface area contributed by atoms with E-state index in [4.69, 9.17) is 0 Å². The Morgan fingerprint density at radius 1 is 1.53 bits per heavy atom. The molecule has 1 aromatic rings. The number of hydrogen-bond acceptors (Lipinski definition) is 4. The predicted octanol–water partition coefficient (Wildman–Crippen LogP) is 1.37. The van der Waals surface area contributed by atoms with Gasteiger partial charge in [0, 0.05) is 18.7 Å². The highest BCUT2D eigenvalue weighted by Crippen LogP contribution is 2.21. The Balaban J connectivity index is 3.15. The third kappa shape index (κ3) is 2.60. The third-order valence-corrected chi connectivity index (χ3v) is 1.67. The molecule has 0 fully saturated rings. The van der Waals surface area contributed by atoms with Gasteiger partial charge < -0.3 is 5.32 Å². The number of nitrogens with one attached hydrogen (secondary N) is 1. The second-order valence-corrected chi connectivity index (χ2v) is 2.83. The summed E-state index contributed by atoms with van der Waals surface area (Å²) < 4.78 is 0. The van der Waals surface area contributed by atoms with E-state index in [0.717, 1.165) is 6.07 Å². The molecule has 0 saturated heterocycles. The highest BCUT2D eigenvalue weighted by Gasteiger charge is 2.13. The molecule has 0 radical (unpaired) electrons. The molecule has 0 aliphatic heterocycles. The molecule has 0 saturated carbocycles. The van der Waals surface area contributed by atoms with Gasteiger partial charge in [-0.3, -0.25) is 19.7 Å². The van der Waals surface area contributed by atoms with Gasteiger partial charge in [-0.25, -0.2) is 0 Å². The molecule has 0 unspecified atom stereocenters. The molecule has 0 spiro atoms. The van der Waals surface area contributed by atoms with Crippen molar-refractivity contribution in [2.24, 2.45) is 0 Å². The SMILES string of the molecule is CC(=O)Nc1ccc(C=O)c([N+](=O)[O-])c1. The Kier molecular flexibility index (Phi) is 3.12. The molecule has 0 aliphatic carbocycles. The van der Waals surface area contributed by atoms with E-state index in [2.05, 4.69) is 5.32 Å². The molecule has 1 N–H and O–H groups in total. The average Bonchev–Trinajstić information content (AvgIpc) is 2.16. The zero-order valence-electron chi connectivity index (χ0n) is 7.89. The van der Waals surface area contributed by atoms with Gasteiger partial charge in [0.25, 0.3) is 5.69 Å². The number of nitro groups is 1. The lowest BCUT2D eigenvalue weighted by Crippen LogP contribution is -2.06. The number of hydrogen-bond donors (Lipinski definition) is 1. The van der Waals surface area contributed by atoms with Crippen LogP contribution in [-0.4, -0.2) is 17.1 Å². The van der Waals surface area contributed by atoms with Gasteiger partial charge in [-0.05, 0) is 12.1 Å². The van der Waals surface area contributed by atoms with Crippen LogP contribution in [0.2, 0.25) is 0 Å². The Labute approximate surface area is 85.1 Å². The molecule has 1 amide bonds. The Hall–Kier alpha value is -2.24. The quantitative estimate of drug-likeness (QED) is 0.461. The summed E-state index contributed by atoms with van der Waals surface area (Å²) in [5, 5.41) is 12.9. The number of carbonyl (C=O) groups is 2. The molecule has 0 aliphatic rings. The monoisotopic (exact) mass is 208 g/mol. The highest BCUT2D eigenvalue weighted by molar-refractivity contribution is 5.90. The molecule has 0 atom stereocenters. The van der Waals surface area contributed by atoms with Crippen LogP contribution >= 0.6 is 0 Å². The van der Waals surface area contributed by atoms with Crippen LogP contribution in [0.1, 0.15) is 17.3 Å². The zero-order chi connectivity index (χ0) is 11.4. The number of aldehydes is 1.